The molecule has 0 amide bonds. The summed E-state index contributed by atoms with van der Waals surface area (Å²) in [6.07, 6.45) is 9.25. The second-order valence-corrected chi connectivity index (χ2v) is 11.7. The summed E-state index contributed by atoms with van der Waals surface area (Å²) in [5.74, 6) is 1.83. The van der Waals surface area contributed by atoms with Gasteiger partial charge in [0.25, 0.3) is 0 Å². The van der Waals surface area contributed by atoms with Crippen LogP contribution in [0.3, 0.4) is 0 Å². The molecular formula is C31H32N2OS. The summed E-state index contributed by atoms with van der Waals surface area (Å²) in [5, 5.41) is 2.81. The van der Waals surface area contributed by atoms with Crippen LogP contribution in [0.2, 0.25) is 0 Å². The Morgan fingerprint density at radius 1 is 1.03 bits per heavy atom. The molecule has 0 N–H and O–H groups in total. The highest BCUT2D eigenvalue weighted by Gasteiger charge is 2.31. The number of fused-ring (bicyclic) bond motifs is 4. The van der Waals surface area contributed by atoms with Crippen LogP contribution < -0.4 is 14.5 Å². The largest absolute Gasteiger partial charge is 0.439 e. The molecular weight excluding hydrogens is 448 g/mol. The third-order valence-electron chi connectivity index (χ3n) is 7.22. The quantitative estimate of drug-likeness (QED) is 0.376. The molecule has 0 spiro atoms. The van der Waals surface area contributed by atoms with E-state index >= 15 is 0 Å². The Balaban J connectivity index is 1.33. The van der Waals surface area contributed by atoms with Crippen LogP contribution in [0.5, 0.6) is 5.75 Å². The van der Waals surface area contributed by atoms with E-state index in [-0.39, 0.29) is 5.41 Å². The van der Waals surface area contributed by atoms with Gasteiger partial charge in [0.2, 0.25) is 5.88 Å². The van der Waals surface area contributed by atoms with E-state index in [2.05, 4.69) is 117 Å². The third kappa shape index (κ3) is 4.04. The van der Waals surface area contributed by atoms with Gasteiger partial charge in [-0.3, -0.25) is 0 Å². The molecule has 2 heterocycles. The molecule has 6 rings (SSSR count). The molecule has 0 aromatic heterocycles. The van der Waals surface area contributed by atoms with Crippen LogP contribution in [-0.2, 0) is 0 Å². The monoisotopic (exact) mass is 480 g/mol. The maximum atomic E-state index is 6.36. The minimum absolute atomic E-state index is 0.205. The number of likely N-dealkylation sites (N-methyl/N-ethyl adjacent to an activating group) is 1. The molecule has 3 aromatic carbocycles. The summed E-state index contributed by atoms with van der Waals surface area (Å²) in [7, 11) is 2.11. The number of para-hydroxylation sites is 1. The van der Waals surface area contributed by atoms with Crippen LogP contribution in [0.4, 0.5) is 11.4 Å². The number of hydrogen-bond donors (Lipinski definition) is 0. The lowest BCUT2D eigenvalue weighted by atomic mass is 9.75. The van der Waals surface area contributed by atoms with Gasteiger partial charge in [0, 0.05) is 30.0 Å². The van der Waals surface area contributed by atoms with Crippen LogP contribution in [0.15, 0.2) is 101 Å². The highest BCUT2D eigenvalue weighted by atomic mass is 32.2. The van der Waals surface area contributed by atoms with Crippen molar-refractivity contribution >= 4 is 33.9 Å². The van der Waals surface area contributed by atoms with E-state index in [1.54, 1.807) is 0 Å². The molecule has 1 aliphatic carbocycles. The first-order chi connectivity index (χ1) is 16.9. The molecule has 0 saturated carbocycles. The van der Waals surface area contributed by atoms with Gasteiger partial charge in [-0.2, -0.15) is 0 Å². The van der Waals surface area contributed by atoms with Crippen molar-refractivity contribution in [2.24, 2.45) is 5.41 Å². The molecule has 0 saturated heterocycles. The van der Waals surface area contributed by atoms with E-state index in [0.717, 1.165) is 36.7 Å². The first kappa shape index (κ1) is 22.4. The lowest BCUT2D eigenvalue weighted by molar-refractivity contribution is 0.353. The van der Waals surface area contributed by atoms with Crippen molar-refractivity contribution in [3.05, 3.63) is 95.9 Å². The number of anilines is 2. The minimum Gasteiger partial charge on any atom is -0.439 e. The number of allylic oxidation sites excluding steroid dienone is 4. The van der Waals surface area contributed by atoms with Crippen molar-refractivity contribution in [1.29, 1.82) is 0 Å². The second kappa shape index (κ2) is 8.53. The number of nitrogens with zero attached hydrogens (tertiary/aromatic N) is 2. The van der Waals surface area contributed by atoms with Gasteiger partial charge in [0.05, 0.1) is 16.7 Å². The summed E-state index contributed by atoms with van der Waals surface area (Å²) in [6, 6.07) is 21.5. The molecule has 1 atom stereocenters. The SMILES string of the molecule is CCN1c2ccccc2SC1/C=C1C=C(/C=C2\Oc3ccc4ccccc4c3N2C)CC(C)(C)C/1. The summed E-state index contributed by atoms with van der Waals surface area (Å²) >= 11 is 1.96. The van der Waals surface area contributed by atoms with E-state index in [1.807, 2.05) is 11.8 Å². The van der Waals surface area contributed by atoms with Crippen molar-refractivity contribution in [1.82, 2.24) is 0 Å². The predicted molar refractivity (Wildman–Crippen MR) is 149 cm³/mol. The van der Waals surface area contributed by atoms with Crippen molar-refractivity contribution in [3.8, 4) is 5.75 Å². The first-order valence-electron chi connectivity index (χ1n) is 12.5. The number of rotatable bonds is 3. The Labute approximate surface area is 212 Å². The standard InChI is InChI=1S/C31H32N2OS/c1-5-33-25-12-8-9-13-27(25)35-29(33)18-22-16-21(19-31(2,3)20-22)17-28-32(4)30-24-11-7-6-10-23(24)14-15-26(30)34-28/h6-18,29H,5,19-20H2,1-4H3/b22-18-,28-17-. The second-order valence-electron chi connectivity index (χ2n) is 10.5. The fraction of sp³-hybridized carbons (Fsp3) is 0.290. The number of thioether (sulfide) groups is 1. The maximum Gasteiger partial charge on any atom is 0.200 e. The zero-order valence-corrected chi connectivity index (χ0v) is 21.7. The van der Waals surface area contributed by atoms with Gasteiger partial charge in [-0.05, 0) is 66.0 Å². The van der Waals surface area contributed by atoms with Crippen molar-refractivity contribution in [2.45, 2.75) is 43.9 Å². The van der Waals surface area contributed by atoms with E-state index < -0.39 is 0 Å². The van der Waals surface area contributed by atoms with E-state index in [4.69, 9.17) is 4.74 Å². The number of benzene rings is 3. The van der Waals surface area contributed by atoms with E-state index in [1.165, 1.54) is 32.5 Å². The van der Waals surface area contributed by atoms with Crippen LogP contribution in [-0.4, -0.2) is 19.0 Å². The average molecular weight is 481 g/mol. The molecule has 3 nitrogen and oxygen atoms in total. The van der Waals surface area contributed by atoms with Gasteiger partial charge in [0.15, 0.2) is 5.75 Å². The molecule has 35 heavy (non-hydrogen) atoms. The van der Waals surface area contributed by atoms with Crippen molar-refractivity contribution in [2.75, 3.05) is 23.4 Å². The number of ether oxygens (including phenoxy) is 1. The Morgan fingerprint density at radius 2 is 1.83 bits per heavy atom. The average Bonchev–Trinajstić information content (AvgIpc) is 3.34. The van der Waals surface area contributed by atoms with Crippen LogP contribution in [0.1, 0.15) is 33.6 Å². The van der Waals surface area contributed by atoms with Crippen molar-refractivity contribution < 1.29 is 4.74 Å². The highest BCUT2D eigenvalue weighted by Crippen LogP contribution is 2.47. The van der Waals surface area contributed by atoms with Crippen LogP contribution in [0, 0.1) is 5.41 Å². The molecule has 0 fully saturated rings. The lowest BCUT2D eigenvalue weighted by Gasteiger charge is -2.32. The normalized spacial score (nSPS) is 23.0. The van der Waals surface area contributed by atoms with Crippen LogP contribution in [0.25, 0.3) is 10.8 Å². The summed E-state index contributed by atoms with van der Waals surface area (Å²) in [5.41, 5.74) is 5.46. The summed E-state index contributed by atoms with van der Waals surface area (Å²) in [6.45, 7) is 8.01. The van der Waals surface area contributed by atoms with Gasteiger partial charge >= 0.3 is 0 Å². The third-order valence-corrected chi connectivity index (χ3v) is 8.45. The molecule has 2 aliphatic heterocycles. The molecule has 3 aromatic rings. The zero-order chi connectivity index (χ0) is 24.2. The Hall–Kier alpha value is -3.11. The topological polar surface area (TPSA) is 15.7 Å². The van der Waals surface area contributed by atoms with Crippen molar-refractivity contribution in [3.63, 3.8) is 0 Å². The van der Waals surface area contributed by atoms with Gasteiger partial charge in [0.1, 0.15) is 0 Å². The molecule has 0 radical (unpaired) electrons. The van der Waals surface area contributed by atoms with Crippen LogP contribution >= 0.6 is 11.8 Å². The minimum atomic E-state index is 0.205. The lowest BCUT2D eigenvalue weighted by Crippen LogP contribution is -2.28. The smallest absolute Gasteiger partial charge is 0.200 e. The Morgan fingerprint density at radius 3 is 2.69 bits per heavy atom. The predicted octanol–water partition coefficient (Wildman–Crippen LogP) is 8.14. The summed E-state index contributed by atoms with van der Waals surface area (Å²) < 4.78 is 6.36. The van der Waals surface area contributed by atoms with Gasteiger partial charge < -0.3 is 14.5 Å². The molecule has 1 unspecified atom stereocenters. The molecule has 3 aliphatic rings. The molecule has 0 bridgehead atoms. The van der Waals surface area contributed by atoms with Gasteiger partial charge in [-0.15, -0.1) is 0 Å². The Kier molecular flexibility index (Phi) is 5.45. The maximum absolute atomic E-state index is 6.36. The fourth-order valence-corrected chi connectivity index (χ4v) is 7.09. The fourth-order valence-electron chi connectivity index (χ4n) is 5.73. The van der Waals surface area contributed by atoms with Gasteiger partial charge in [-0.1, -0.05) is 74.1 Å². The highest BCUT2D eigenvalue weighted by molar-refractivity contribution is 8.00. The molecule has 4 heteroatoms. The van der Waals surface area contributed by atoms with E-state index in [0.29, 0.717) is 5.37 Å². The first-order valence-corrected chi connectivity index (χ1v) is 13.4. The van der Waals surface area contributed by atoms with E-state index in [9.17, 15) is 0 Å². The Bertz CT molecular complexity index is 1400. The zero-order valence-electron chi connectivity index (χ0n) is 20.9. The molecule has 178 valence electrons. The number of hydrogen-bond acceptors (Lipinski definition) is 4. The van der Waals surface area contributed by atoms with Gasteiger partial charge in [-0.25, -0.2) is 0 Å². The summed E-state index contributed by atoms with van der Waals surface area (Å²) in [4.78, 5) is 6.09.